The van der Waals surface area contributed by atoms with Gasteiger partial charge in [0.25, 0.3) is 0 Å². The van der Waals surface area contributed by atoms with Gasteiger partial charge < -0.3 is 10.3 Å². The van der Waals surface area contributed by atoms with E-state index in [-0.39, 0.29) is 0 Å². The molecule has 0 bridgehead atoms. The molecule has 3 aromatic rings. The summed E-state index contributed by atoms with van der Waals surface area (Å²) in [7, 11) is 0. The van der Waals surface area contributed by atoms with E-state index in [1.807, 2.05) is 6.20 Å². The fourth-order valence-electron chi connectivity index (χ4n) is 2.82. The molecule has 21 heavy (non-hydrogen) atoms. The van der Waals surface area contributed by atoms with Gasteiger partial charge in [-0.3, -0.25) is 0 Å². The summed E-state index contributed by atoms with van der Waals surface area (Å²) < 4.78 is 2.24. The lowest BCUT2D eigenvalue weighted by Gasteiger charge is -2.10. The van der Waals surface area contributed by atoms with Gasteiger partial charge in [-0.2, -0.15) is 0 Å². The van der Waals surface area contributed by atoms with Crippen LogP contribution >= 0.6 is 0 Å². The Balaban J connectivity index is 2.32. The number of pyridine rings is 1. The van der Waals surface area contributed by atoms with E-state index in [0.717, 1.165) is 46.5 Å². The van der Waals surface area contributed by atoms with Crippen LogP contribution in [0.1, 0.15) is 24.5 Å². The zero-order valence-corrected chi connectivity index (χ0v) is 12.9. The highest BCUT2D eigenvalue weighted by Crippen LogP contribution is 2.35. The third-order valence-corrected chi connectivity index (χ3v) is 3.85. The van der Waals surface area contributed by atoms with Crippen LogP contribution in [0.15, 0.2) is 36.5 Å². The Morgan fingerprint density at radius 1 is 1.10 bits per heavy atom. The average molecular weight is 279 g/mol. The van der Waals surface area contributed by atoms with Crippen LogP contribution in [0.5, 0.6) is 0 Å². The molecule has 0 aliphatic heterocycles. The van der Waals surface area contributed by atoms with E-state index in [1.165, 1.54) is 5.56 Å². The molecule has 0 radical (unpaired) electrons. The molecule has 0 atom stereocenters. The number of nitrogens with two attached hydrogens (primary N) is 1. The Bertz CT molecular complexity index is 782. The number of fused-ring (bicyclic) bond motifs is 1. The average Bonchev–Trinajstić information content (AvgIpc) is 2.73. The molecule has 3 nitrogen and oxygen atoms in total. The number of hydrogen-bond donors (Lipinski definition) is 1. The van der Waals surface area contributed by atoms with E-state index in [9.17, 15) is 0 Å². The van der Waals surface area contributed by atoms with Gasteiger partial charge in [0.1, 0.15) is 5.65 Å². The van der Waals surface area contributed by atoms with Gasteiger partial charge in [-0.05, 0) is 31.9 Å². The van der Waals surface area contributed by atoms with E-state index in [2.05, 4.69) is 60.7 Å². The monoisotopic (exact) mass is 279 g/mol. The van der Waals surface area contributed by atoms with Crippen molar-refractivity contribution < 1.29 is 0 Å². The normalized spacial score (nSPS) is 11.2. The Kier molecular flexibility index (Phi) is 3.42. The molecule has 1 aromatic carbocycles. The summed E-state index contributed by atoms with van der Waals surface area (Å²) in [6, 6.07) is 10.7. The molecule has 0 aliphatic rings. The predicted octanol–water partition coefficient (Wildman–Crippen LogP) is 4.31. The van der Waals surface area contributed by atoms with Crippen LogP contribution in [0.4, 0.5) is 5.69 Å². The first-order valence-electron chi connectivity index (χ1n) is 7.43. The Morgan fingerprint density at radius 3 is 2.48 bits per heavy atom. The number of anilines is 1. The van der Waals surface area contributed by atoms with Crippen molar-refractivity contribution in [3.8, 4) is 11.3 Å². The molecule has 0 fully saturated rings. The number of benzene rings is 1. The minimum Gasteiger partial charge on any atom is -0.396 e. The Labute approximate surface area is 125 Å². The smallest absolute Gasteiger partial charge is 0.142 e. The van der Waals surface area contributed by atoms with Crippen molar-refractivity contribution in [2.24, 2.45) is 0 Å². The maximum absolute atomic E-state index is 6.45. The lowest BCUT2D eigenvalue weighted by molar-refractivity contribution is 0.704. The first-order valence-corrected chi connectivity index (χ1v) is 7.43. The molecule has 0 unspecified atom stereocenters. The molecule has 3 heteroatoms. The standard InChI is InChI=1S/C18H21N3/c1-4-9-21-17(14-7-5-12(2)6-8-14)16(19)15-10-13(3)11-20-18(15)21/h5-8,10-11H,4,9,19H2,1-3H3. The lowest BCUT2D eigenvalue weighted by atomic mass is 10.1. The van der Waals surface area contributed by atoms with Gasteiger partial charge in [0.15, 0.2) is 0 Å². The molecule has 0 saturated carbocycles. The van der Waals surface area contributed by atoms with Gasteiger partial charge in [0.2, 0.25) is 0 Å². The highest BCUT2D eigenvalue weighted by Gasteiger charge is 2.17. The number of nitrogen functional groups attached to an aromatic ring is 1. The van der Waals surface area contributed by atoms with Crippen LogP contribution < -0.4 is 5.73 Å². The number of hydrogen-bond acceptors (Lipinski definition) is 2. The summed E-state index contributed by atoms with van der Waals surface area (Å²) in [5.41, 5.74) is 12.9. The first-order chi connectivity index (χ1) is 10.1. The van der Waals surface area contributed by atoms with Gasteiger partial charge in [-0.25, -0.2) is 4.98 Å². The van der Waals surface area contributed by atoms with E-state index in [4.69, 9.17) is 5.73 Å². The molecule has 0 saturated heterocycles. The van der Waals surface area contributed by atoms with Crippen LogP contribution in [0.3, 0.4) is 0 Å². The topological polar surface area (TPSA) is 43.8 Å². The summed E-state index contributed by atoms with van der Waals surface area (Å²) in [5.74, 6) is 0. The van der Waals surface area contributed by atoms with Crippen LogP contribution in [-0.4, -0.2) is 9.55 Å². The second-order valence-electron chi connectivity index (χ2n) is 5.66. The van der Waals surface area contributed by atoms with Gasteiger partial charge >= 0.3 is 0 Å². The van der Waals surface area contributed by atoms with Crippen molar-refractivity contribution in [3.63, 3.8) is 0 Å². The van der Waals surface area contributed by atoms with Crippen molar-refractivity contribution >= 4 is 16.7 Å². The summed E-state index contributed by atoms with van der Waals surface area (Å²) in [6.07, 6.45) is 2.96. The first kappa shape index (κ1) is 13.7. The van der Waals surface area contributed by atoms with Gasteiger partial charge in [-0.1, -0.05) is 36.8 Å². The zero-order chi connectivity index (χ0) is 15.0. The fraction of sp³-hybridized carbons (Fsp3) is 0.278. The van der Waals surface area contributed by atoms with Gasteiger partial charge in [0, 0.05) is 23.7 Å². The second-order valence-corrected chi connectivity index (χ2v) is 5.66. The van der Waals surface area contributed by atoms with Crippen LogP contribution in [0.2, 0.25) is 0 Å². The fourth-order valence-corrected chi connectivity index (χ4v) is 2.82. The summed E-state index contributed by atoms with van der Waals surface area (Å²) in [5, 5.41) is 1.05. The molecular weight excluding hydrogens is 258 g/mol. The van der Waals surface area contributed by atoms with Crippen molar-refractivity contribution in [1.82, 2.24) is 9.55 Å². The molecular formula is C18H21N3. The van der Waals surface area contributed by atoms with Crippen molar-refractivity contribution in [2.45, 2.75) is 33.7 Å². The lowest BCUT2D eigenvalue weighted by Crippen LogP contribution is -2.01. The van der Waals surface area contributed by atoms with E-state index in [1.54, 1.807) is 0 Å². The van der Waals surface area contributed by atoms with E-state index in [0.29, 0.717) is 0 Å². The van der Waals surface area contributed by atoms with Crippen molar-refractivity contribution in [3.05, 3.63) is 47.7 Å². The third-order valence-electron chi connectivity index (χ3n) is 3.85. The maximum Gasteiger partial charge on any atom is 0.142 e. The number of rotatable bonds is 3. The van der Waals surface area contributed by atoms with Crippen LogP contribution in [-0.2, 0) is 6.54 Å². The highest BCUT2D eigenvalue weighted by molar-refractivity contribution is 5.99. The number of aromatic nitrogens is 2. The second kappa shape index (κ2) is 5.24. The van der Waals surface area contributed by atoms with Crippen molar-refractivity contribution in [1.29, 1.82) is 0 Å². The summed E-state index contributed by atoms with van der Waals surface area (Å²) in [6.45, 7) is 7.25. The third kappa shape index (κ3) is 2.29. The SMILES string of the molecule is CCCn1c(-c2ccc(C)cc2)c(N)c2cc(C)cnc21. The summed E-state index contributed by atoms with van der Waals surface area (Å²) in [4.78, 5) is 4.61. The van der Waals surface area contributed by atoms with E-state index >= 15 is 0 Å². The number of aryl methyl sites for hydroxylation is 3. The molecule has 2 aromatic heterocycles. The maximum atomic E-state index is 6.45. The molecule has 0 amide bonds. The van der Waals surface area contributed by atoms with Gasteiger partial charge in [-0.15, -0.1) is 0 Å². The zero-order valence-electron chi connectivity index (χ0n) is 12.9. The minimum absolute atomic E-state index is 0.832. The predicted molar refractivity (Wildman–Crippen MR) is 89.3 cm³/mol. The Morgan fingerprint density at radius 2 is 1.81 bits per heavy atom. The van der Waals surface area contributed by atoms with E-state index < -0.39 is 0 Å². The number of nitrogens with zero attached hydrogens (tertiary/aromatic N) is 2. The Hall–Kier alpha value is -2.29. The highest BCUT2D eigenvalue weighted by atomic mass is 15.1. The summed E-state index contributed by atoms with van der Waals surface area (Å²) >= 11 is 0. The molecule has 0 spiro atoms. The van der Waals surface area contributed by atoms with Gasteiger partial charge in [0.05, 0.1) is 11.4 Å². The molecule has 2 heterocycles. The molecule has 108 valence electrons. The molecule has 0 aliphatic carbocycles. The molecule has 3 rings (SSSR count). The van der Waals surface area contributed by atoms with Crippen LogP contribution in [0, 0.1) is 13.8 Å². The van der Waals surface area contributed by atoms with Crippen molar-refractivity contribution in [2.75, 3.05) is 5.73 Å². The largest absolute Gasteiger partial charge is 0.396 e. The van der Waals surface area contributed by atoms with Crippen LogP contribution in [0.25, 0.3) is 22.3 Å². The molecule has 2 N–H and O–H groups in total. The quantitative estimate of drug-likeness (QED) is 0.776. The minimum atomic E-state index is 0.832.